The third-order valence-electron chi connectivity index (χ3n) is 2.27. The van der Waals surface area contributed by atoms with E-state index in [9.17, 15) is 4.79 Å². The zero-order valence-electron chi connectivity index (χ0n) is 9.65. The van der Waals surface area contributed by atoms with Crippen LogP contribution in [0.3, 0.4) is 0 Å². The average molecular weight is 275 g/mol. The van der Waals surface area contributed by atoms with Crippen molar-refractivity contribution in [3.05, 3.63) is 29.2 Å². The number of amides is 1. The van der Waals surface area contributed by atoms with Crippen molar-refractivity contribution < 1.29 is 4.79 Å². The van der Waals surface area contributed by atoms with Crippen molar-refractivity contribution in [3.63, 3.8) is 0 Å². The minimum atomic E-state index is -0.274. The fourth-order valence-electron chi connectivity index (χ4n) is 1.45. The predicted molar refractivity (Wildman–Crippen MR) is 68.3 cm³/mol. The fraction of sp³-hybridized carbons (Fsp3) is 0.100. The van der Waals surface area contributed by atoms with Gasteiger partial charge in [0.1, 0.15) is 6.54 Å². The molecule has 0 aliphatic rings. The van der Waals surface area contributed by atoms with E-state index in [0.29, 0.717) is 11.8 Å². The van der Waals surface area contributed by atoms with Crippen LogP contribution >= 0.6 is 11.3 Å². The largest absolute Gasteiger partial charge is 0.331 e. The standard InChI is InChI=1S/C10H9N7OS/c18-8(13-10-11-2-3-12-10)5-17-15-9(14-16-17)7-1-4-19-6-7/h1-4,6H,5H2,(H2,11,12,13,18). The fourth-order valence-corrected chi connectivity index (χ4v) is 2.09. The molecule has 0 aliphatic heterocycles. The van der Waals surface area contributed by atoms with E-state index >= 15 is 0 Å². The molecule has 1 amide bonds. The number of aromatic amines is 1. The maximum Gasteiger partial charge on any atom is 0.250 e. The minimum Gasteiger partial charge on any atom is -0.331 e. The van der Waals surface area contributed by atoms with Gasteiger partial charge >= 0.3 is 0 Å². The molecule has 0 atom stereocenters. The van der Waals surface area contributed by atoms with E-state index in [1.165, 1.54) is 4.80 Å². The van der Waals surface area contributed by atoms with Gasteiger partial charge in [-0.25, -0.2) is 4.98 Å². The first-order valence-corrected chi connectivity index (χ1v) is 6.35. The molecule has 3 aromatic heterocycles. The van der Waals surface area contributed by atoms with Crippen molar-refractivity contribution in [1.82, 2.24) is 30.2 Å². The van der Waals surface area contributed by atoms with Crippen molar-refractivity contribution in [3.8, 4) is 11.4 Å². The molecule has 19 heavy (non-hydrogen) atoms. The maximum atomic E-state index is 11.7. The lowest BCUT2D eigenvalue weighted by Gasteiger charge is -1.99. The summed E-state index contributed by atoms with van der Waals surface area (Å²) in [6.45, 7) is -0.0160. The van der Waals surface area contributed by atoms with Crippen molar-refractivity contribution in [2.75, 3.05) is 5.32 Å². The summed E-state index contributed by atoms with van der Waals surface area (Å²) in [6.07, 6.45) is 3.18. The first kappa shape index (κ1) is 11.5. The molecule has 0 bridgehead atoms. The molecule has 0 fully saturated rings. The van der Waals surface area contributed by atoms with E-state index < -0.39 is 0 Å². The second-order valence-electron chi connectivity index (χ2n) is 3.64. The highest BCUT2D eigenvalue weighted by Crippen LogP contribution is 2.16. The summed E-state index contributed by atoms with van der Waals surface area (Å²) in [7, 11) is 0. The Morgan fingerprint density at radius 1 is 1.53 bits per heavy atom. The van der Waals surface area contributed by atoms with Crippen molar-refractivity contribution >= 4 is 23.2 Å². The smallest absolute Gasteiger partial charge is 0.250 e. The molecule has 0 unspecified atom stereocenters. The molecule has 3 aromatic rings. The SMILES string of the molecule is O=C(Cn1nnc(-c2ccsc2)n1)Nc1ncc[nH]1. The van der Waals surface area contributed by atoms with E-state index in [2.05, 4.69) is 30.7 Å². The lowest BCUT2D eigenvalue weighted by Crippen LogP contribution is -2.21. The Morgan fingerprint density at radius 3 is 3.21 bits per heavy atom. The molecule has 9 heteroatoms. The number of carbonyl (C=O) groups is 1. The third-order valence-corrected chi connectivity index (χ3v) is 2.96. The number of rotatable bonds is 4. The van der Waals surface area contributed by atoms with Crippen LogP contribution in [0.25, 0.3) is 11.4 Å². The number of hydrogen-bond acceptors (Lipinski definition) is 6. The molecule has 0 spiro atoms. The van der Waals surface area contributed by atoms with E-state index in [0.717, 1.165) is 5.56 Å². The molecule has 0 aromatic carbocycles. The van der Waals surface area contributed by atoms with Crippen LogP contribution in [0.2, 0.25) is 0 Å². The minimum absolute atomic E-state index is 0.0160. The molecule has 3 heterocycles. The monoisotopic (exact) mass is 275 g/mol. The molecule has 0 saturated heterocycles. The highest BCUT2D eigenvalue weighted by Gasteiger charge is 2.10. The third kappa shape index (κ3) is 2.65. The number of H-pyrrole nitrogens is 1. The number of nitrogens with zero attached hydrogens (tertiary/aromatic N) is 5. The van der Waals surface area contributed by atoms with Crippen LogP contribution in [-0.4, -0.2) is 36.1 Å². The second-order valence-corrected chi connectivity index (χ2v) is 4.42. The highest BCUT2D eigenvalue weighted by molar-refractivity contribution is 7.08. The van der Waals surface area contributed by atoms with E-state index in [1.807, 2.05) is 16.8 Å². The first-order chi connectivity index (χ1) is 9.31. The van der Waals surface area contributed by atoms with E-state index in [4.69, 9.17) is 0 Å². The molecular formula is C10H9N7OS. The summed E-state index contributed by atoms with van der Waals surface area (Å²) in [5.74, 6) is 0.624. The van der Waals surface area contributed by atoms with E-state index in [1.54, 1.807) is 23.7 Å². The molecule has 96 valence electrons. The molecule has 3 rings (SSSR count). The van der Waals surface area contributed by atoms with Crippen molar-refractivity contribution in [2.24, 2.45) is 0 Å². The number of anilines is 1. The number of aromatic nitrogens is 6. The Kier molecular flexibility index (Phi) is 3.02. The van der Waals surface area contributed by atoms with Crippen molar-refractivity contribution in [2.45, 2.75) is 6.54 Å². The average Bonchev–Trinajstić information content (AvgIpc) is 3.09. The summed E-state index contributed by atoms with van der Waals surface area (Å²) < 4.78 is 0. The number of hydrogen-bond donors (Lipinski definition) is 2. The number of thiophene rings is 1. The topological polar surface area (TPSA) is 101 Å². The van der Waals surface area contributed by atoms with Gasteiger partial charge in [-0.2, -0.15) is 16.1 Å². The second kappa shape index (κ2) is 4.98. The summed E-state index contributed by atoms with van der Waals surface area (Å²) in [5, 5.41) is 18.3. The van der Waals surface area contributed by atoms with Crippen LogP contribution in [0.1, 0.15) is 0 Å². The van der Waals surface area contributed by atoms with Crippen LogP contribution in [-0.2, 0) is 11.3 Å². The van der Waals surface area contributed by atoms with Crippen LogP contribution in [0.15, 0.2) is 29.2 Å². The van der Waals surface area contributed by atoms with Gasteiger partial charge in [-0.1, -0.05) is 0 Å². The van der Waals surface area contributed by atoms with Gasteiger partial charge in [-0.3, -0.25) is 10.1 Å². The van der Waals surface area contributed by atoms with Crippen LogP contribution < -0.4 is 5.32 Å². The molecule has 8 nitrogen and oxygen atoms in total. The van der Waals surface area contributed by atoms with Crippen LogP contribution in [0.4, 0.5) is 5.95 Å². The Labute approximate surface area is 111 Å². The highest BCUT2D eigenvalue weighted by atomic mass is 32.1. The molecular weight excluding hydrogens is 266 g/mol. The van der Waals surface area contributed by atoms with E-state index in [-0.39, 0.29) is 12.5 Å². The Balaban J connectivity index is 1.65. The number of imidazole rings is 1. The molecule has 0 radical (unpaired) electrons. The first-order valence-electron chi connectivity index (χ1n) is 5.41. The summed E-state index contributed by atoms with van der Waals surface area (Å²) in [4.78, 5) is 19.6. The van der Waals surface area contributed by atoms with Crippen LogP contribution in [0, 0.1) is 0 Å². The van der Waals surface area contributed by atoms with Gasteiger partial charge in [0, 0.05) is 23.3 Å². The molecule has 0 saturated carbocycles. The zero-order chi connectivity index (χ0) is 13.1. The normalized spacial score (nSPS) is 10.5. The van der Waals surface area contributed by atoms with Crippen molar-refractivity contribution in [1.29, 1.82) is 0 Å². The van der Waals surface area contributed by atoms with Gasteiger partial charge in [-0.15, -0.1) is 10.2 Å². The maximum absolute atomic E-state index is 11.7. The lowest BCUT2D eigenvalue weighted by molar-refractivity contribution is -0.117. The Bertz CT molecular complexity index is 658. The van der Waals surface area contributed by atoms with Gasteiger partial charge < -0.3 is 4.98 Å². The molecule has 2 N–H and O–H groups in total. The summed E-state index contributed by atoms with van der Waals surface area (Å²) in [6, 6.07) is 1.90. The zero-order valence-corrected chi connectivity index (χ0v) is 10.5. The number of tetrazole rings is 1. The summed E-state index contributed by atoms with van der Waals surface area (Å²) >= 11 is 1.55. The van der Waals surface area contributed by atoms with Gasteiger partial charge in [0.15, 0.2) is 0 Å². The predicted octanol–water partition coefficient (Wildman–Crippen LogP) is 0.763. The van der Waals surface area contributed by atoms with Gasteiger partial charge in [0.05, 0.1) is 0 Å². The van der Waals surface area contributed by atoms with Crippen LogP contribution in [0.5, 0.6) is 0 Å². The quantitative estimate of drug-likeness (QED) is 0.732. The Hall–Kier alpha value is -2.55. The number of carbonyl (C=O) groups excluding carboxylic acids is 1. The Morgan fingerprint density at radius 2 is 2.47 bits per heavy atom. The van der Waals surface area contributed by atoms with Gasteiger partial charge in [0.25, 0.3) is 0 Å². The lowest BCUT2D eigenvalue weighted by atomic mass is 10.3. The van der Waals surface area contributed by atoms with Gasteiger partial charge in [-0.05, 0) is 16.7 Å². The number of nitrogens with one attached hydrogen (secondary N) is 2. The van der Waals surface area contributed by atoms with Gasteiger partial charge in [0.2, 0.25) is 17.7 Å². The summed E-state index contributed by atoms with van der Waals surface area (Å²) in [5.41, 5.74) is 0.891. The molecule has 0 aliphatic carbocycles.